The molecule has 2 heterocycles. The zero-order valence-corrected chi connectivity index (χ0v) is 14.6. The molecule has 2 aromatic carbocycles. The fraction of sp³-hybridized carbons (Fsp3) is 0.211. The van der Waals surface area contributed by atoms with Crippen molar-refractivity contribution in [3.05, 3.63) is 60.2 Å². The van der Waals surface area contributed by atoms with Gasteiger partial charge in [0.1, 0.15) is 6.54 Å². The Morgan fingerprint density at radius 3 is 2.48 bits per heavy atom. The zero-order chi connectivity index (χ0) is 19.0. The number of fused-ring (bicyclic) bond motifs is 1. The summed E-state index contributed by atoms with van der Waals surface area (Å²) in [6, 6.07) is 14.3. The summed E-state index contributed by atoms with van der Waals surface area (Å²) in [5.41, 5.74) is 2.10. The van der Waals surface area contributed by atoms with Gasteiger partial charge in [0.05, 0.1) is 5.69 Å². The van der Waals surface area contributed by atoms with Crippen molar-refractivity contribution >= 4 is 29.1 Å². The molecule has 1 fully saturated rings. The molecule has 27 heavy (non-hydrogen) atoms. The Labute approximate surface area is 155 Å². The van der Waals surface area contributed by atoms with Crippen molar-refractivity contribution in [3.8, 4) is 0 Å². The first kappa shape index (κ1) is 16.9. The molecule has 136 valence electrons. The molecule has 0 bridgehead atoms. The van der Waals surface area contributed by atoms with Gasteiger partial charge in [-0.1, -0.05) is 41.6 Å². The molecular weight excluding hydrogens is 346 g/mol. The largest absolute Gasteiger partial charge is 0.324 e. The Kier molecular flexibility index (Phi) is 4.15. The van der Waals surface area contributed by atoms with Crippen LogP contribution in [-0.2, 0) is 14.4 Å². The van der Waals surface area contributed by atoms with Crippen LogP contribution in [-0.4, -0.2) is 41.4 Å². The van der Waals surface area contributed by atoms with E-state index in [0.717, 1.165) is 10.5 Å². The molecule has 8 nitrogen and oxygen atoms in total. The first-order valence-electron chi connectivity index (χ1n) is 8.52. The van der Waals surface area contributed by atoms with Gasteiger partial charge in [-0.3, -0.25) is 19.4 Å². The third-order valence-corrected chi connectivity index (χ3v) is 4.60. The number of hydrogen-bond donors (Lipinski definition) is 1. The molecule has 2 aliphatic rings. The molecular formula is C19H17N5O3. The van der Waals surface area contributed by atoms with Crippen LogP contribution in [0.2, 0.25) is 0 Å². The minimum atomic E-state index is -0.913. The first-order valence-corrected chi connectivity index (χ1v) is 8.52. The number of rotatable bonds is 4. The van der Waals surface area contributed by atoms with Crippen LogP contribution in [0.4, 0.5) is 11.4 Å². The monoisotopic (exact) mass is 363 g/mol. The van der Waals surface area contributed by atoms with Crippen molar-refractivity contribution in [1.82, 2.24) is 5.01 Å². The number of nitrogens with one attached hydrogen (secondary N) is 1. The van der Waals surface area contributed by atoms with E-state index in [1.165, 1.54) is 5.01 Å². The average Bonchev–Trinajstić information content (AvgIpc) is 3.18. The summed E-state index contributed by atoms with van der Waals surface area (Å²) in [4.78, 5) is 38.9. The van der Waals surface area contributed by atoms with Crippen LogP contribution < -0.4 is 10.2 Å². The van der Waals surface area contributed by atoms with Crippen molar-refractivity contribution < 1.29 is 14.4 Å². The molecule has 8 heteroatoms. The van der Waals surface area contributed by atoms with Crippen molar-refractivity contribution in [2.75, 3.05) is 16.8 Å². The van der Waals surface area contributed by atoms with Gasteiger partial charge in [0.25, 0.3) is 11.8 Å². The van der Waals surface area contributed by atoms with Gasteiger partial charge < -0.3 is 5.32 Å². The van der Waals surface area contributed by atoms with Crippen LogP contribution in [0.25, 0.3) is 0 Å². The maximum atomic E-state index is 12.8. The number of aryl methyl sites for hydroxylation is 1. The molecule has 0 aromatic heterocycles. The fourth-order valence-electron chi connectivity index (χ4n) is 3.24. The number of hydrogen-bond acceptors (Lipinski definition) is 6. The van der Waals surface area contributed by atoms with E-state index in [2.05, 4.69) is 15.7 Å². The summed E-state index contributed by atoms with van der Waals surface area (Å²) >= 11 is 0. The Morgan fingerprint density at radius 1 is 1.04 bits per heavy atom. The quantitative estimate of drug-likeness (QED) is 0.840. The zero-order valence-electron chi connectivity index (χ0n) is 14.6. The number of nitrogens with zero attached hydrogens (tertiary/aromatic N) is 4. The molecule has 0 radical (unpaired) electrons. The smallest absolute Gasteiger partial charge is 0.263 e. The maximum absolute atomic E-state index is 12.8. The molecule has 1 saturated heterocycles. The van der Waals surface area contributed by atoms with Crippen LogP contribution in [0, 0.1) is 6.92 Å². The SMILES string of the molecule is Cc1ccccc1NC(=O)CN1N=N[C@@H]2C(=O)N(c3ccccc3)C(=O)[C@@H]21. The lowest BCUT2D eigenvalue weighted by Crippen LogP contribution is -2.43. The van der Waals surface area contributed by atoms with Gasteiger partial charge in [-0.15, -0.1) is 0 Å². The molecule has 0 unspecified atom stereocenters. The summed E-state index contributed by atoms with van der Waals surface area (Å²) < 4.78 is 0. The predicted molar refractivity (Wildman–Crippen MR) is 97.9 cm³/mol. The van der Waals surface area contributed by atoms with Gasteiger partial charge in [-0.25, -0.2) is 4.90 Å². The predicted octanol–water partition coefficient (Wildman–Crippen LogP) is 1.93. The maximum Gasteiger partial charge on any atom is 0.263 e. The van der Waals surface area contributed by atoms with E-state index in [0.29, 0.717) is 11.4 Å². The highest BCUT2D eigenvalue weighted by Crippen LogP contribution is 2.31. The van der Waals surface area contributed by atoms with Gasteiger partial charge in [-0.05, 0) is 30.7 Å². The van der Waals surface area contributed by atoms with Crippen LogP contribution in [0.15, 0.2) is 64.9 Å². The fourth-order valence-corrected chi connectivity index (χ4v) is 3.24. The molecule has 2 aromatic rings. The van der Waals surface area contributed by atoms with Crippen molar-refractivity contribution in [2.45, 2.75) is 19.0 Å². The highest BCUT2D eigenvalue weighted by Gasteiger charge is 2.55. The number of para-hydroxylation sites is 2. The summed E-state index contributed by atoms with van der Waals surface area (Å²) in [6.07, 6.45) is 0. The van der Waals surface area contributed by atoms with E-state index < -0.39 is 23.9 Å². The lowest BCUT2D eigenvalue weighted by molar-refractivity contribution is -0.123. The van der Waals surface area contributed by atoms with Gasteiger partial charge in [-0.2, -0.15) is 5.11 Å². The Balaban J connectivity index is 1.49. The highest BCUT2D eigenvalue weighted by atomic mass is 16.2. The third kappa shape index (κ3) is 2.95. The molecule has 1 N–H and O–H groups in total. The molecule has 2 atom stereocenters. The first-order chi connectivity index (χ1) is 13.1. The number of amides is 3. The van der Waals surface area contributed by atoms with Crippen LogP contribution in [0.3, 0.4) is 0 Å². The minimum absolute atomic E-state index is 0.166. The topological polar surface area (TPSA) is 94.4 Å². The van der Waals surface area contributed by atoms with Crippen LogP contribution in [0.1, 0.15) is 5.56 Å². The second-order valence-electron chi connectivity index (χ2n) is 6.40. The number of imide groups is 1. The van der Waals surface area contributed by atoms with E-state index in [9.17, 15) is 14.4 Å². The van der Waals surface area contributed by atoms with E-state index in [1.54, 1.807) is 36.4 Å². The van der Waals surface area contributed by atoms with Gasteiger partial charge in [0, 0.05) is 5.69 Å². The Morgan fingerprint density at radius 2 is 1.74 bits per heavy atom. The van der Waals surface area contributed by atoms with Crippen molar-refractivity contribution in [3.63, 3.8) is 0 Å². The van der Waals surface area contributed by atoms with Crippen molar-refractivity contribution in [1.29, 1.82) is 0 Å². The second kappa shape index (κ2) is 6.64. The molecule has 2 aliphatic heterocycles. The molecule has 0 saturated carbocycles. The van der Waals surface area contributed by atoms with Crippen molar-refractivity contribution in [2.24, 2.45) is 10.3 Å². The summed E-state index contributed by atoms with van der Waals surface area (Å²) in [6.45, 7) is 1.72. The number of anilines is 2. The number of carbonyl (C=O) groups is 3. The van der Waals surface area contributed by atoms with Gasteiger partial charge >= 0.3 is 0 Å². The van der Waals surface area contributed by atoms with E-state index in [-0.39, 0.29) is 12.5 Å². The van der Waals surface area contributed by atoms with E-state index in [1.807, 2.05) is 25.1 Å². The highest BCUT2D eigenvalue weighted by molar-refractivity contribution is 6.25. The molecule has 4 rings (SSSR count). The third-order valence-electron chi connectivity index (χ3n) is 4.60. The van der Waals surface area contributed by atoms with Gasteiger partial charge in [0.15, 0.2) is 12.1 Å². The van der Waals surface area contributed by atoms with Crippen LogP contribution in [0.5, 0.6) is 0 Å². The molecule has 0 spiro atoms. The minimum Gasteiger partial charge on any atom is -0.324 e. The van der Waals surface area contributed by atoms with E-state index in [4.69, 9.17) is 0 Å². The normalized spacial score (nSPS) is 20.9. The summed E-state index contributed by atoms with van der Waals surface area (Å²) in [7, 11) is 0. The summed E-state index contributed by atoms with van der Waals surface area (Å²) in [5, 5.41) is 11.9. The molecule has 0 aliphatic carbocycles. The van der Waals surface area contributed by atoms with Gasteiger partial charge in [0.2, 0.25) is 5.91 Å². The second-order valence-corrected chi connectivity index (χ2v) is 6.40. The Bertz CT molecular complexity index is 943. The Hall–Kier alpha value is -3.55. The van der Waals surface area contributed by atoms with Crippen LogP contribution >= 0.6 is 0 Å². The lowest BCUT2D eigenvalue weighted by atomic mass is 10.1. The van der Waals surface area contributed by atoms with E-state index >= 15 is 0 Å². The average molecular weight is 363 g/mol. The molecule has 3 amide bonds. The number of benzene rings is 2. The summed E-state index contributed by atoms with van der Waals surface area (Å²) in [5.74, 6) is -1.19. The standard InChI is InChI=1S/C19H17N5O3/c1-12-7-5-6-10-14(12)20-15(25)11-23-17-16(21-22-23)18(26)24(19(17)27)13-8-3-2-4-9-13/h2-10,16-17H,11H2,1H3,(H,20,25)/t16-,17+/m0/s1. The number of carbonyl (C=O) groups excluding carboxylic acids is 3. The lowest BCUT2D eigenvalue weighted by Gasteiger charge is -2.20.